The minimum absolute atomic E-state index is 0.210. The van der Waals surface area contributed by atoms with Gasteiger partial charge in [0.25, 0.3) is 6.01 Å². The number of rotatable bonds is 15. The standard InChI is InChI=1S/C35H36N2O6/c1-3-32(34(38)41-25-26-11-5-4-6-12-26)42-30-14-9-13-27(23-30)24-37(35-36-31-15-7-8-16-33(31)43-35)21-10-22-40-29-19-17-28(39-2)18-20-29/h4-9,11-20,23,32H,3,10,21-22,24-25H2,1-2H3. The van der Waals surface area contributed by atoms with Crippen molar-refractivity contribution in [2.24, 2.45) is 0 Å². The molecule has 43 heavy (non-hydrogen) atoms. The monoisotopic (exact) mass is 580 g/mol. The van der Waals surface area contributed by atoms with Gasteiger partial charge in [-0.1, -0.05) is 61.5 Å². The third-order valence-electron chi connectivity index (χ3n) is 6.86. The first-order valence-corrected chi connectivity index (χ1v) is 14.4. The average Bonchev–Trinajstić information content (AvgIpc) is 3.49. The lowest BCUT2D eigenvalue weighted by Crippen LogP contribution is -2.29. The summed E-state index contributed by atoms with van der Waals surface area (Å²) < 4.78 is 28.9. The molecule has 0 N–H and O–H groups in total. The Balaban J connectivity index is 1.24. The van der Waals surface area contributed by atoms with Crippen LogP contribution in [0.3, 0.4) is 0 Å². The topological polar surface area (TPSA) is 83.3 Å². The lowest BCUT2D eigenvalue weighted by Gasteiger charge is -2.22. The second kappa shape index (κ2) is 14.8. The Labute approximate surface area is 251 Å². The predicted octanol–water partition coefficient (Wildman–Crippen LogP) is 7.21. The van der Waals surface area contributed by atoms with E-state index in [1.807, 2.05) is 110 Å². The number of carbonyl (C=O) groups is 1. The average molecular weight is 581 g/mol. The van der Waals surface area contributed by atoms with Crippen LogP contribution in [0, 0.1) is 0 Å². The van der Waals surface area contributed by atoms with Crippen molar-refractivity contribution >= 4 is 23.1 Å². The van der Waals surface area contributed by atoms with Crippen LogP contribution in [0.25, 0.3) is 11.1 Å². The molecular formula is C35H36N2O6. The van der Waals surface area contributed by atoms with Crippen LogP contribution >= 0.6 is 0 Å². The molecule has 0 bridgehead atoms. The molecule has 4 aromatic carbocycles. The molecule has 8 heteroatoms. The van der Waals surface area contributed by atoms with Crippen molar-refractivity contribution < 1.29 is 28.2 Å². The number of para-hydroxylation sites is 2. The van der Waals surface area contributed by atoms with Crippen molar-refractivity contribution in [2.45, 2.75) is 39.0 Å². The molecule has 1 heterocycles. The molecule has 0 radical (unpaired) electrons. The van der Waals surface area contributed by atoms with E-state index in [-0.39, 0.29) is 12.6 Å². The fourth-order valence-corrected chi connectivity index (χ4v) is 4.58. The Morgan fingerprint density at radius 1 is 0.860 bits per heavy atom. The van der Waals surface area contributed by atoms with E-state index >= 15 is 0 Å². The first-order valence-electron chi connectivity index (χ1n) is 14.4. The number of methoxy groups -OCH3 is 1. The summed E-state index contributed by atoms with van der Waals surface area (Å²) in [5.74, 6) is 1.78. The number of ether oxygens (including phenoxy) is 4. The normalized spacial score (nSPS) is 11.6. The van der Waals surface area contributed by atoms with Crippen molar-refractivity contribution in [2.75, 3.05) is 25.2 Å². The van der Waals surface area contributed by atoms with Gasteiger partial charge in [0.2, 0.25) is 0 Å². The van der Waals surface area contributed by atoms with E-state index in [9.17, 15) is 4.79 Å². The molecule has 8 nitrogen and oxygen atoms in total. The number of oxazole rings is 1. The zero-order chi connectivity index (χ0) is 29.9. The number of hydrogen-bond acceptors (Lipinski definition) is 8. The summed E-state index contributed by atoms with van der Waals surface area (Å²) in [6.45, 7) is 3.82. The number of nitrogens with zero attached hydrogens (tertiary/aromatic N) is 2. The second-order valence-electron chi connectivity index (χ2n) is 10.0. The Morgan fingerprint density at radius 2 is 1.60 bits per heavy atom. The Bertz CT molecular complexity index is 1550. The molecule has 0 fully saturated rings. The molecule has 0 amide bonds. The van der Waals surface area contributed by atoms with Crippen LogP contribution in [0.4, 0.5) is 6.01 Å². The van der Waals surface area contributed by atoms with Crippen molar-refractivity contribution in [1.82, 2.24) is 4.98 Å². The molecule has 5 rings (SSSR count). The van der Waals surface area contributed by atoms with Gasteiger partial charge >= 0.3 is 5.97 Å². The lowest BCUT2D eigenvalue weighted by molar-refractivity contribution is -0.153. The van der Waals surface area contributed by atoms with Crippen molar-refractivity contribution in [1.29, 1.82) is 0 Å². The summed E-state index contributed by atoms with van der Waals surface area (Å²) in [5, 5.41) is 0. The molecule has 1 aromatic heterocycles. The summed E-state index contributed by atoms with van der Waals surface area (Å²) in [5.41, 5.74) is 3.45. The maximum Gasteiger partial charge on any atom is 0.347 e. The molecule has 0 saturated carbocycles. The molecule has 0 aliphatic carbocycles. The van der Waals surface area contributed by atoms with Gasteiger partial charge in [0.1, 0.15) is 29.4 Å². The van der Waals surface area contributed by atoms with E-state index in [0.717, 1.165) is 40.1 Å². The highest BCUT2D eigenvalue weighted by Gasteiger charge is 2.21. The number of esters is 1. The maximum atomic E-state index is 12.8. The molecule has 0 aliphatic heterocycles. The zero-order valence-electron chi connectivity index (χ0n) is 24.5. The van der Waals surface area contributed by atoms with Crippen LogP contribution in [-0.2, 0) is 22.7 Å². The largest absolute Gasteiger partial charge is 0.497 e. The van der Waals surface area contributed by atoms with Crippen LogP contribution in [-0.4, -0.2) is 37.3 Å². The quantitative estimate of drug-likeness (QED) is 0.0949. The van der Waals surface area contributed by atoms with E-state index in [1.54, 1.807) is 7.11 Å². The van der Waals surface area contributed by atoms with Gasteiger partial charge in [-0.05, 0) is 72.5 Å². The summed E-state index contributed by atoms with van der Waals surface area (Å²) in [7, 11) is 1.64. The number of benzene rings is 4. The van der Waals surface area contributed by atoms with Crippen molar-refractivity contribution in [3.63, 3.8) is 0 Å². The minimum Gasteiger partial charge on any atom is -0.497 e. The number of hydrogen-bond donors (Lipinski definition) is 0. The van der Waals surface area contributed by atoms with Crippen LogP contribution in [0.2, 0.25) is 0 Å². The summed E-state index contributed by atoms with van der Waals surface area (Å²) in [4.78, 5) is 19.6. The fraction of sp³-hybridized carbons (Fsp3) is 0.257. The molecular weight excluding hydrogens is 544 g/mol. The third-order valence-corrected chi connectivity index (χ3v) is 6.86. The molecule has 1 atom stereocenters. The molecule has 1 unspecified atom stereocenters. The maximum absolute atomic E-state index is 12.8. The summed E-state index contributed by atoms with van der Waals surface area (Å²) in [6.07, 6.45) is 0.523. The molecule has 0 aliphatic rings. The first-order chi connectivity index (χ1) is 21.1. The van der Waals surface area contributed by atoms with Gasteiger partial charge in [-0.2, -0.15) is 4.98 Å². The highest BCUT2D eigenvalue weighted by atomic mass is 16.6. The molecule has 0 saturated heterocycles. The van der Waals surface area contributed by atoms with E-state index in [0.29, 0.717) is 37.9 Å². The highest BCUT2D eigenvalue weighted by molar-refractivity contribution is 5.75. The Kier molecular flexibility index (Phi) is 10.1. The number of aromatic nitrogens is 1. The fourth-order valence-electron chi connectivity index (χ4n) is 4.58. The van der Waals surface area contributed by atoms with Gasteiger partial charge in [0.05, 0.1) is 13.7 Å². The molecule has 5 aromatic rings. The minimum atomic E-state index is -0.706. The number of fused-ring (bicyclic) bond motifs is 1. The van der Waals surface area contributed by atoms with Crippen molar-refractivity contribution in [3.05, 3.63) is 114 Å². The highest BCUT2D eigenvalue weighted by Crippen LogP contribution is 2.25. The summed E-state index contributed by atoms with van der Waals surface area (Å²) >= 11 is 0. The zero-order valence-corrected chi connectivity index (χ0v) is 24.5. The van der Waals surface area contributed by atoms with Crippen molar-refractivity contribution in [3.8, 4) is 17.2 Å². The number of carbonyl (C=O) groups excluding carboxylic acids is 1. The van der Waals surface area contributed by atoms with Gasteiger partial charge in [-0.3, -0.25) is 0 Å². The van der Waals surface area contributed by atoms with E-state index < -0.39 is 6.10 Å². The molecule has 0 spiro atoms. The van der Waals surface area contributed by atoms with E-state index in [4.69, 9.17) is 28.3 Å². The third kappa shape index (κ3) is 8.29. The predicted molar refractivity (Wildman–Crippen MR) is 166 cm³/mol. The van der Waals surface area contributed by atoms with E-state index in [1.165, 1.54) is 0 Å². The second-order valence-corrected chi connectivity index (χ2v) is 10.0. The Hall–Kier alpha value is -4.98. The van der Waals surface area contributed by atoms with Gasteiger partial charge in [0, 0.05) is 13.1 Å². The van der Waals surface area contributed by atoms with Crippen LogP contribution < -0.4 is 19.1 Å². The smallest absolute Gasteiger partial charge is 0.347 e. The molecule has 222 valence electrons. The van der Waals surface area contributed by atoms with Crippen LogP contribution in [0.5, 0.6) is 17.2 Å². The summed E-state index contributed by atoms with van der Waals surface area (Å²) in [6, 6.07) is 33.1. The Morgan fingerprint density at radius 3 is 2.37 bits per heavy atom. The SMILES string of the molecule is CCC(Oc1cccc(CN(CCCOc2ccc(OC)cc2)c2nc3ccccc3o2)c1)C(=O)OCc1ccccc1. The van der Waals surface area contributed by atoms with Crippen LogP contribution in [0.1, 0.15) is 30.9 Å². The van der Waals surface area contributed by atoms with E-state index in [2.05, 4.69) is 4.90 Å². The van der Waals surface area contributed by atoms with Crippen LogP contribution in [0.15, 0.2) is 108 Å². The lowest BCUT2D eigenvalue weighted by atomic mass is 10.2. The van der Waals surface area contributed by atoms with Gasteiger partial charge in [-0.15, -0.1) is 0 Å². The van der Waals surface area contributed by atoms with Gasteiger partial charge < -0.3 is 28.3 Å². The number of anilines is 1. The van der Waals surface area contributed by atoms with Gasteiger partial charge in [-0.25, -0.2) is 4.79 Å². The first kappa shape index (κ1) is 29.5. The van der Waals surface area contributed by atoms with Gasteiger partial charge in [0.15, 0.2) is 11.7 Å².